The van der Waals surface area contributed by atoms with Crippen molar-refractivity contribution >= 4 is 23.7 Å². The monoisotopic (exact) mass is 382 g/mol. The van der Waals surface area contributed by atoms with Gasteiger partial charge in [0.2, 0.25) is 0 Å². The van der Waals surface area contributed by atoms with Crippen molar-refractivity contribution < 1.29 is 28.7 Å². The second-order valence-electron chi connectivity index (χ2n) is 5.27. The summed E-state index contributed by atoms with van der Waals surface area (Å²) in [5.74, 6) is -1.23. The van der Waals surface area contributed by atoms with E-state index in [1.165, 1.54) is 55.7 Å². The summed E-state index contributed by atoms with van der Waals surface area (Å²) in [6.07, 6.45) is 1.30. The van der Waals surface area contributed by atoms with Gasteiger partial charge in [-0.05, 0) is 35.9 Å². The number of esters is 2. The molecule has 2 aromatic rings. The van der Waals surface area contributed by atoms with Crippen molar-refractivity contribution in [2.24, 2.45) is 0 Å². The number of methoxy groups -OCH3 is 2. The number of nitro groups is 1. The van der Waals surface area contributed by atoms with Crippen molar-refractivity contribution in [1.29, 1.82) is 5.26 Å². The Hall–Kier alpha value is -4.19. The number of nitrogens with zero attached hydrogens (tertiary/aromatic N) is 2. The molecule has 28 heavy (non-hydrogen) atoms. The molecule has 9 heteroatoms. The molecule has 0 atom stereocenters. The van der Waals surface area contributed by atoms with Crippen LogP contribution in [0.15, 0.2) is 48.0 Å². The first kappa shape index (κ1) is 20.1. The Morgan fingerprint density at radius 2 is 1.79 bits per heavy atom. The molecule has 0 aliphatic rings. The predicted octanol–water partition coefficient (Wildman–Crippen LogP) is 2.90. The lowest BCUT2D eigenvalue weighted by molar-refractivity contribution is -0.384. The van der Waals surface area contributed by atoms with Crippen LogP contribution in [0.25, 0.3) is 6.08 Å². The van der Waals surface area contributed by atoms with Gasteiger partial charge < -0.3 is 14.2 Å². The SMILES string of the molecule is COC(=O)C(C#N)=Cc1ccc(OC(=O)c2ccc([N+](=O)[O-])cc2)c(OC)c1. The fourth-order valence-electron chi connectivity index (χ4n) is 2.15. The molecule has 0 unspecified atom stereocenters. The van der Waals surface area contributed by atoms with E-state index in [2.05, 4.69) is 4.74 Å². The minimum atomic E-state index is -0.782. The number of hydrogen-bond acceptors (Lipinski definition) is 8. The summed E-state index contributed by atoms with van der Waals surface area (Å²) in [5.41, 5.74) is 0.215. The minimum absolute atomic E-state index is 0.0968. The Morgan fingerprint density at radius 3 is 2.32 bits per heavy atom. The van der Waals surface area contributed by atoms with Gasteiger partial charge in [-0.2, -0.15) is 5.26 Å². The number of nitriles is 1. The van der Waals surface area contributed by atoms with Gasteiger partial charge in [0.25, 0.3) is 5.69 Å². The van der Waals surface area contributed by atoms with E-state index in [-0.39, 0.29) is 28.3 Å². The van der Waals surface area contributed by atoms with Gasteiger partial charge in [0, 0.05) is 12.1 Å². The fourth-order valence-corrected chi connectivity index (χ4v) is 2.15. The van der Waals surface area contributed by atoms with E-state index < -0.39 is 16.9 Å². The quantitative estimate of drug-likeness (QED) is 0.186. The van der Waals surface area contributed by atoms with Crippen molar-refractivity contribution in [3.05, 3.63) is 69.3 Å². The normalized spacial score (nSPS) is 10.5. The molecule has 0 aliphatic heterocycles. The van der Waals surface area contributed by atoms with E-state index >= 15 is 0 Å². The molecule has 0 heterocycles. The minimum Gasteiger partial charge on any atom is -0.493 e. The van der Waals surface area contributed by atoms with Crippen molar-refractivity contribution in [3.63, 3.8) is 0 Å². The Labute approximate surface area is 159 Å². The van der Waals surface area contributed by atoms with Gasteiger partial charge >= 0.3 is 11.9 Å². The molecule has 142 valence electrons. The summed E-state index contributed by atoms with van der Waals surface area (Å²) in [7, 11) is 2.52. The van der Waals surface area contributed by atoms with Gasteiger partial charge in [0.05, 0.1) is 24.7 Å². The first-order valence-corrected chi connectivity index (χ1v) is 7.74. The van der Waals surface area contributed by atoms with E-state index in [4.69, 9.17) is 14.7 Å². The largest absolute Gasteiger partial charge is 0.493 e. The summed E-state index contributed by atoms with van der Waals surface area (Å²) in [6.45, 7) is 0. The van der Waals surface area contributed by atoms with Gasteiger partial charge in [0.1, 0.15) is 11.6 Å². The Kier molecular flexibility index (Phi) is 6.44. The van der Waals surface area contributed by atoms with E-state index in [1.807, 2.05) is 0 Å². The third-order valence-electron chi connectivity index (χ3n) is 3.54. The molecule has 0 amide bonds. The third-order valence-corrected chi connectivity index (χ3v) is 3.54. The molecular weight excluding hydrogens is 368 g/mol. The molecule has 0 aromatic heterocycles. The highest BCUT2D eigenvalue weighted by molar-refractivity contribution is 5.98. The molecule has 0 bridgehead atoms. The van der Waals surface area contributed by atoms with Crippen LogP contribution >= 0.6 is 0 Å². The highest BCUT2D eigenvalue weighted by Gasteiger charge is 2.15. The summed E-state index contributed by atoms with van der Waals surface area (Å²) < 4.78 is 15.0. The molecule has 0 aliphatic carbocycles. The van der Waals surface area contributed by atoms with Gasteiger partial charge in [-0.15, -0.1) is 0 Å². The molecule has 0 saturated carbocycles. The van der Waals surface area contributed by atoms with Gasteiger partial charge in [-0.1, -0.05) is 6.07 Å². The smallest absolute Gasteiger partial charge is 0.348 e. The zero-order chi connectivity index (χ0) is 20.7. The number of ether oxygens (including phenoxy) is 3. The average molecular weight is 382 g/mol. The zero-order valence-electron chi connectivity index (χ0n) is 14.9. The highest BCUT2D eigenvalue weighted by atomic mass is 16.6. The van der Waals surface area contributed by atoms with Crippen molar-refractivity contribution in [2.45, 2.75) is 0 Å². The van der Waals surface area contributed by atoms with E-state index in [9.17, 15) is 19.7 Å². The van der Waals surface area contributed by atoms with Crippen LogP contribution in [0.4, 0.5) is 5.69 Å². The maximum atomic E-state index is 12.2. The number of rotatable bonds is 6. The summed E-state index contributed by atoms with van der Waals surface area (Å²) in [5, 5.41) is 19.7. The maximum Gasteiger partial charge on any atom is 0.348 e. The van der Waals surface area contributed by atoms with Crippen LogP contribution in [0.1, 0.15) is 15.9 Å². The lowest BCUT2D eigenvalue weighted by atomic mass is 10.1. The second kappa shape index (κ2) is 8.95. The Bertz CT molecular complexity index is 988. The van der Waals surface area contributed by atoms with Gasteiger partial charge in [-0.25, -0.2) is 9.59 Å². The molecule has 0 radical (unpaired) electrons. The number of benzene rings is 2. The number of hydrogen-bond donors (Lipinski definition) is 0. The topological polar surface area (TPSA) is 129 Å². The van der Waals surface area contributed by atoms with Crippen LogP contribution in [-0.4, -0.2) is 31.1 Å². The van der Waals surface area contributed by atoms with Crippen molar-refractivity contribution in [2.75, 3.05) is 14.2 Å². The first-order chi connectivity index (χ1) is 13.4. The first-order valence-electron chi connectivity index (χ1n) is 7.74. The van der Waals surface area contributed by atoms with Crippen molar-refractivity contribution in [3.8, 4) is 17.6 Å². The molecule has 0 N–H and O–H groups in total. The van der Waals surface area contributed by atoms with Crippen LogP contribution in [-0.2, 0) is 9.53 Å². The number of non-ortho nitro benzene ring substituents is 1. The standard InChI is InChI=1S/C19H14N2O7/c1-26-17-10-12(9-14(11-20)18(22)27-2)3-8-16(17)28-19(23)13-4-6-15(7-5-13)21(24)25/h3-10H,1-2H3. The summed E-state index contributed by atoms with van der Waals surface area (Å²) >= 11 is 0. The molecule has 0 spiro atoms. The predicted molar refractivity (Wildman–Crippen MR) is 96.7 cm³/mol. The number of carbonyl (C=O) groups excluding carboxylic acids is 2. The van der Waals surface area contributed by atoms with Crippen LogP contribution in [0, 0.1) is 21.4 Å². The van der Waals surface area contributed by atoms with Crippen LogP contribution in [0.5, 0.6) is 11.5 Å². The Balaban J connectivity index is 2.25. The van der Waals surface area contributed by atoms with Crippen LogP contribution in [0.3, 0.4) is 0 Å². The average Bonchev–Trinajstić information content (AvgIpc) is 2.72. The van der Waals surface area contributed by atoms with Crippen LogP contribution < -0.4 is 9.47 Å². The Morgan fingerprint density at radius 1 is 1.11 bits per heavy atom. The van der Waals surface area contributed by atoms with Gasteiger partial charge in [0.15, 0.2) is 11.5 Å². The van der Waals surface area contributed by atoms with Crippen LogP contribution in [0.2, 0.25) is 0 Å². The molecule has 0 saturated heterocycles. The van der Waals surface area contributed by atoms with Gasteiger partial charge in [-0.3, -0.25) is 10.1 Å². The number of nitro benzene ring substituents is 1. The molecule has 2 aromatic carbocycles. The lowest BCUT2D eigenvalue weighted by Gasteiger charge is -2.10. The zero-order valence-corrected chi connectivity index (χ0v) is 14.9. The lowest BCUT2D eigenvalue weighted by Crippen LogP contribution is -2.09. The molecule has 0 fully saturated rings. The molecular formula is C19H14N2O7. The van der Waals surface area contributed by atoms with E-state index in [0.29, 0.717) is 5.56 Å². The highest BCUT2D eigenvalue weighted by Crippen LogP contribution is 2.30. The number of carbonyl (C=O) groups is 2. The second-order valence-corrected chi connectivity index (χ2v) is 5.27. The van der Waals surface area contributed by atoms with E-state index in [1.54, 1.807) is 6.07 Å². The van der Waals surface area contributed by atoms with E-state index in [0.717, 1.165) is 7.11 Å². The summed E-state index contributed by atoms with van der Waals surface area (Å²) in [4.78, 5) is 33.8. The third kappa shape index (κ3) is 4.70. The maximum absolute atomic E-state index is 12.2. The summed E-state index contributed by atoms with van der Waals surface area (Å²) in [6, 6.07) is 11.1. The fraction of sp³-hybridized carbons (Fsp3) is 0.105. The molecule has 9 nitrogen and oxygen atoms in total. The molecule has 2 rings (SSSR count). The van der Waals surface area contributed by atoms with Crippen molar-refractivity contribution in [1.82, 2.24) is 0 Å².